The molecule has 1 N–H and O–H groups in total. The van der Waals surface area contributed by atoms with Gasteiger partial charge in [0.05, 0.1) is 5.69 Å². The molecule has 2 heterocycles. The Hall–Kier alpha value is -2.33. The topological polar surface area (TPSA) is 55.1 Å². The first-order valence-corrected chi connectivity index (χ1v) is 7.97. The summed E-state index contributed by atoms with van der Waals surface area (Å²) in [6.45, 7) is 3.04. The molecule has 0 saturated carbocycles. The van der Waals surface area contributed by atoms with E-state index in [9.17, 15) is 4.79 Å². The van der Waals surface area contributed by atoms with Gasteiger partial charge >= 0.3 is 5.97 Å². The number of hydrogen-bond donors (Lipinski definition) is 1. The highest BCUT2D eigenvalue weighted by atomic mass is 35.5. The molecular formula is C18H17ClN2O2. The van der Waals surface area contributed by atoms with Crippen LogP contribution in [0.4, 0.5) is 0 Å². The fourth-order valence-corrected chi connectivity index (χ4v) is 2.94. The van der Waals surface area contributed by atoms with Crippen molar-refractivity contribution < 1.29 is 9.90 Å². The fourth-order valence-electron chi connectivity index (χ4n) is 2.72. The molecule has 0 amide bonds. The average molecular weight is 329 g/mol. The number of carboxylic acid groups (broad SMARTS) is 1. The number of benzene rings is 1. The molecule has 118 valence electrons. The van der Waals surface area contributed by atoms with Gasteiger partial charge in [-0.05, 0) is 36.8 Å². The second-order valence-corrected chi connectivity index (χ2v) is 5.85. The zero-order chi connectivity index (χ0) is 16.4. The van der Waals surface area contributed by atoms with Gasteiger partial charge in [-0.25, -0.2) is 9.78 Å². The number of unbranched alkanes of at least 4 members (excludes halogenated alkanes) is 1. The molecule has 0 saturated heterocycles. The first kappa shape index (κ1) is 15.6. The number of aromatic carboxylic acids is 1. The van der Waals surface area contributed by atoms with Gasteiger partial charge in [-0.2, -0.15) is 0 Å². The number of aryl methyl sites for hydroxylation is 1. The Morgan fingerprint density at radius 1 is 1.30 bits per heavy atom. The standard InChI is InChI=1S/C18H17ClN2O2/c1-2-3-9-21-16-6-4-5-14(19)13(16)10-17(21)12-7-8-15(18(22)23)20-11-12/h4-8,10-11H,2-3,9H2,1H3,(H,22,23). The van der Waals surface area contributed by atoms with Gasteiger partial charge in [-0.15, -0.1) is 0 Å². The molecule has 4 nitrogen and oxygen atoms in total. The van der Waals surface area contributed by atoms with Gasteiger partial charge in [0.2, 0.25) is 0 Å². The molecule has 0 aliphatic heterocycles. The fraction of sp³-hybridized carbons (Fsp3) is 0.222. The van der Waals surface area contributed by atoms with Crippen molar-refractivity contribution in [2.24, 2.45) is 0 Å². The highest BCUT2D eigenvalue weighted by molar-refractivity contribution is 6.35. The van der Waals surface area contributed by atoms with Crippen LogP contribution in [0.5, 0.6) is 0 Å². The van der Waals surface area contributed by atoms with Crippen LogP contribution in [0, 0.1) is 0 Å². The zero-order valence-electron chi connectivity index (χ0n) is 12.8. The number of carbonyl (C=O) groups is 1. The maximum absolute atomic E-state index is 11.0. The third-order valence-electron chi connectivity index (χ3n) is 3.91. The minimum atomic E-state index is -1.02. The quantitative estimate of drug-likeness (QED) is 0.728. The highest BCUT2D eigenvalue weighted by Crippen LogP contribution is 2.32. The molecule has 23 heavy (non-hydrogen) atoms. The van der Waals surface area contributed by atoms with Crippen LogP contribution in [0.3, 0.4) is 0 Å². The summed E-state index contributed by atoms with van der Waals surface area (Å²) in [6.07, 6.45) is 3.76. The van der Waals surface area contributed by atoms with Crippen LogP contribution in [0.2, 0.25) is 5.02 Å². The highest BCUT2D eigenvalue weighted by Gasteiger charge is 2.13. The lowest BCUT2D eigenvalue weighted by molar-refractivity contribution is 0.0690. The van der Waals surface area contributed by atoms with E-state index in [4.69, 9.17) is 16.7 Å². The normalized spacial score (nSPS) is 11.0. The van der Waals surface area contributed by atoms with Crippen molar-refractivity contribution in [1.82, 2.24) is 9.55 Å². The molecule has 0 radical (unpaired) electrons. The number of hydrogen-bond acceptors (Lipinski definition) is 2. The van der Waals surface area contributed by atoms with Crippen molar-refractivity contribution in [2.45, 2.75) is 26.3 Å². The van der Waals surface area contributed by atoms with E-state index < -0.39 is 5.97 Å². The van der Waals surface area contributed by atoms with Crippen LogP contribution >= 0.6 is 11.6 Å². The van der Waals surface area contributed by atoms with Gasteiger partial charge < -0.3 is 9.67 Å². The first-order valence-electron chi connectivity index (χ1n) is 7.59. The first-order chi connectivity index (χ1) is 11.1. The summed E-state index contributed by atoms with van der Waals surface area (Å²) in [6, 6.07) is 11.2. The summed E-state index contributed by atoms with van der Waals surface area (Å²) < 4.78 is 2.22. The summed E-state index contributed by atoms with van der Waals surface area (Å²) in [5.41, 5.74) is 3.02. The van der Waals surface area contributed by atoms with Gasteiger partial charge in [0.1, 0.15) is 5.69 Å². The van der Waals surface area contributed by atoms with E-state index in [-0.39, 0.29) is 5.69 Å². The molecule has 0 fully saturated rings. The molecule has 2 aromatic heterocycles. The monoisotopic (exact) mass is 328 g/mol. The SMILES string of the molecule is CCCCn1c(-c2ccc(C(=O)O)nc2)cc2c(Cl)cccc21. The van der Waals surface area contributed by atoms with E-state index in [1.165, 1.54) is 6.07 Å². The summed E-state index contributed by atoms with van der Waals surface area (Å²) >= 11 is 6.32. The predicted octanol–water partition coefficient (Wildman–Crippen LogP) is 4.86. The number of carboxylic acids is 1. The van der Waals surface area contributed by atoms with E-state index in [0.29, 0.717) is 5.02 Å². The molecule has 0 bridgehead atoms. The molecule has 3 rings (SSSR count). The molecule has 3 aromatic rings. The molecule has 0 aliphatic carbocycles. The van der Waals surface area contributed by atoms with Gasteiger partial charge in [-0.3, -0.25) is 0 Å². The van der Waals surface area contributed by atoms with Gasteiger partial charge in [0.15, 0.2) is 0 Å². The van der Waals surface area contributed by atoms with Gasteiger partial charge in [-0.1, -0.05) is 31.0 Å². The molecule has 0 spiro atoms. The average Bonchev–Trinajstić information content (AvgIpc) is 2.93. The lowest BCUT2D eigenvalue weighted by Gasteiger charge is -2.10. The van der Waals surface area contributed by atoms with Gasteiger partial charge in [0.25, 0.3) is 0 Å². The van der Waals surface area contributed by atoms with Crippen LogP contribution in [-0.2, 0) is 6.54 Å². The Labute approximate surface area is 139 Å². The van der Waals surface area contributed by atoms with Crippen LogP contribution < -0.4 is 0 Å². The summed E-state index contributed by atoms with van der Waals surface area (Å²) in [5.74, 6) is -1.02. The zero-order valence-corrected chi connectivity index (χ0v) is 13.5. The van der Waals surface area contributed by atoms with E-state index in [0.717, 1.165) is 41.5 Å². The van der Waals surface area contributed by atoms with Crippen LogP contribution in [-0.4, -0.2) is 20.6 Å². The third-order valence-corrected chi connectivity index (χ3v) is 4.24. The maximum Gasteiger partial charge on any atom is 0.354 e. The molecule has 5 heteroatoms. The molecule has 0 unspecified atom stereocenters. The van der Waals surface area contributed by atoms with E-state index in [1.54, 1.807) is 12.3 Å². The number of rotatable bonds is 5. The van der Waals surface area contributed by atoms with Crippen LogP contribution in [0.15, 0.2) is 42.6 Å². The van der Waals surface area contributed by atoms with Crippen molar-refractivity contribution in [3.05, 3.63) is 53.3 Å². The lowest BCUT2D eigenvalue weighted by atomic mass is 10.2. The minimum absolute atomic E-state index is 0.0444. The predicted molar refractivity (Wildman–Crippen MR) is 92.0 cm³/mol. The minimum Gasteiger partial charge on any atom is -0.477 e. The second kappa shape index (κ2) is 6.42. The van der Waals surface area contributed by atoms with Crippen LogP contribution in [0.1, 0.15) is 30.3 Å². The van der Waals surface area contributed by atoms with Gasteiger partial charge in [0, 0.05) is 34.2 Å². The summed E-state index contributed by atoms with van der Waals surface area (Å²) in [5, 5.41) is 10.7. The maximum atomic E-state index is 11.0. The number of halogens is 1. The van der Waals surface area contributed by atoms with Crippen molar-refractivity contribution in [3.63, 3.8) is 0 Å². The van der Waals surface area contributed by atoms with E-state index in [1.807, 2.05) is 18.2 Å². The third kappa shape index (κ3) is 2.94. The lowest BCUT2D eigenvalue weighted by Crippen LogP contribution is -2.02. The Morgan fingerprint density at radius 2 is 2.13 bits per heavy atom. The smallest absolute Gasteiger partial charge is 0.354 e. The number of pyridine rings is 1. The summed E-state index contributed by atoms with van der Waals surface area (Å²) in [7, 11) is 0. The Bertz CT molecular complexity index is 853. The van der Waals surface area contributed by atoms with E-state index in [2.05, 4.69) is 22.5 Å². The number of fused-ring (bicyclic) bond motifs is 1. The Kier molecular flexibility index (Phi) is 4.35. The van der Waals surface area contributed by atoms with Crippen LogP contribution in [0.25, 0.3) is 22.2 Å². The number of aromatic nitrogens is 2. The molecule has 1 aromatic carbocycles. The number of nitrogens with zero attached hydrogens (tertiary/aromatic N) is 2. The van der Waals surface area contributed by atoms with Crippen molar-refractivity contribution >= 4 is 28.5 Å². The second-order valence-electron chi connectivity index (χ2n) is 5.44. The molecule has 0 atom stereocenters. The van der Waals surface area contributed by atoms with Crippen molar-refractivity contribution in [1.29, 1.82) is 0 Å². The van der Waals surface area contributed by atoms with Crippen molar-refractivity contribution in [2.75, 3.05) is 0 Å². The summed E-state index contributed by atoms with van der Waals surface area (Å²) in [4.78, 5) is 15.0. The largest absolute Gasteiger partial charge is 0.477 e. The van der Waals surface area contributed by atoms with Crippen molar-refractivity contribution in [3.8, 4) is 11.3 Å². The Balaban J connectivity index is 2.15. The molecular weight excluding hydrogens is 312 g/mol. The van der Waals surface area contributed by atoms with E-state index >= 15 is 0 Å². The molecule has 0 aliphatic rings. The Morgan fingerprint density at radius 3 is 2.78 bits per heavy atom.